The van der Waals surface area contributed by atoms with Gasteiger partial charge in [-0.05, 0) is 32.8 Å². The van der Waals surface area contributed by atoms with Crippen molar-refractivity contribution in [2.45, 2.75) is 38.8 Å². The number of carbonyl (C=O) groups excluding carboxylic acids is 1. The number of methoxy groups -OCH3 is 1. The molecule has 0 bridgehead atoms. The third kappa shape index (κ3) is 2.81. The van der Waals surface area contributed by atoms with Gasteiger partial charge in [-0.2, -0.15) is 0 Å². The van der Waals surface area contributed by atoms with Gasteiger partial charge in [-0.3, -0.25) is 4.79 Å². The van der Waals surface area contributed by atoms with Gasteiger partial charge in [0.15, 0.2) is 0 Å². The van der Waals surface area contributed by atoms with E-state index in [0.717, 1.165) is 18.9 Å². The Morgan fingerprint density at radius 1 is 1.35 bits per heavy atom. The summed E-state index contributed by atoms with van der Waals surface area (Å²) in [5.41, 5.74) is -0.103. The second-order valence-corrected chi connectivity index (χ2v) is 5.97. The van der Waals surface area contributed by atoms with E-state index in [0.29, 0.717) is 5.52 Å². The lowest BCUT2D eigenvalue weighted by molar-refractivity contribution is 0.0375. The van der Waals surface area contributed by atoms with Crippen LogP contribution in [0.5, 0.6) is 5.75 Å². The van der Waals surface area contributed by atoms with Gasteiger partial charge >= 0.3 is 5.97 Å². The lowest BCUT2D eigenvalue weighted by Crippen LogP contribution is -2.23. The summed E-state index contributed by atoms with van der Waals surface area (Å²) >= 11 is 0. The van der Waals surface area contributed by atoms with E-state index in [2.05, 4.69) is 0 Å². The number of nitrogens with zero attached hydrogens (tertiary/aromatic N) is 1. The average molecular weight is 319 g/mol. The third-order valence-electron chi connectivity index (χ3n) is 3.78. The van der Waals surface area contributed by atoms with E-state index in [9.17, 15) is 14.0 Å². The molecule has 1 aliphatic carbocycles. The Morgan fingerprint density at radius 3 is 2.61 bits per heavy atom. The van der Waals surface area contributed by atoms with Crippen molar-refractivity contribution in [3.63, 3.8) is 0 Å². The highest BCUT2D eigenvalue weighted by molar-refractivity contribution is 5.95. The van der Waals surface area contributed by atoms with Crippen LogP contribution in [0.4, 0.5) is 4.39 Å². The summed E-state index contributed by atoms with van der Waals surface area (Å²) in [4.78, 5) is 24.8. The van der Waals surface area contributed by atoms with Gasteiger partial charge in [0.2, 0.25) is 5.43 Å². The number of carbonyl (C=O) groups is 1. The summed E-state index contributed by atoms with van der Waals surface area (Å²) in [6.45, 7) is 3.42. The van der Waals surface area contributed by atoms with Crippen molar-refractivity contribution in [3.05, 3.63) is 39.9 Å². The normalized spacial score (nSPS) is 14.3. The van der Waals surface area contributed by atoms with Crippen molar-refractivity contribution in [3.8, 4) is 5.75 Å². The van der Waals surface area contributed by atoms with Crippen molar-refractivity contribution >= 4 is 16.9 Å². The summed E-state index contributed by atoms with van der Waals surface area (Å²) in [5.74, 6) is -0.986. The molecule has 5 nitrogen and oxygen atoms in total. The maximum absolute atomic E-state index is 13.8. The van der Waals surface area contributed by atoms with E-state index < -0.39 is 17.2 Å². The number of fused-ring (bicyclic) bond motifs is 1. The highest BCUT2D eigenvalue weighted by atomic mass is 19.1. The number of hydrogen-bond donors (Lipinski definition) is 0. The lowest BCUT2D eigenvalue weighted by atomic mass is 10.1. The highest BCUT2D eigenvalue weighted by Gasteiger charge is 2.29. The van der Waals surface area contributed by atoms with Crippen LogP contribution in [-0.2, 0) is 4.74 Å². The molecule has 122 valence electrons. The molecule has 0 aliphatic heterocycles. The summed E-state index contributed by atoms with van der Waals surface area (Å²) in [6, 6.07) is 2.57. The summed E-state index contributed by atoms with van der Waals surface area (Å²) in [7, 11) is 1.43. The van der Waals surface area contributed by atoms with Crippen LogP contribution in [0, 0.1) is 5.82 Å². The molecule has 1 fully saturated rings. The lowest BCUT2D eigenvalue weighted by Gasteiger charge is -2.16. The molecule has 0 saturated heterocycles. The van der Waals surface area contributed by atoms with Crippen LogP contribution in [-0.4, -0.2) is 23.8 Å². The Hall–Kier alpha value is -2.37. The van der Waals surface area contributed by atoms with Gasteiger partial charge in [0.1, 0.15) is 17.1 Å². The third-order valence-corrected chi connectivity index (χ3v) is 3.78. The molecule has 6 heteroatoms. The molecule has 0 atom stereocenters. The molecule has 1 aromatic carbocycles. The van der Waals surface area contributed by atoms with Crippen molar-refractivity contribution in [1.29, 1.82) is 0 Å². The first-order chi connectivity index (χ1) is 10.9. The first-order valence-electron chi connectivity index (χ1n) is 7.55. The topological polar surface area (TPSA) is 57.5 Å². The molecule has 0 unspecified atom stereocenters. The molecule has 0 N–H and O–H groups in total. The Balaban J connectivity index is 2.30. The van der Waals surface area contributed by atoms with E-state index >= 15 is 0 Å². The second-order valence-electron chi connectivity index (χ2n) is 5.97. The van der Waals surface area contributed by atoms with Crippen LogP contribution in [0.2, 0.25) is 0 Å². The quantitative estimate of drug-likeness (QED) is 0.813. The number of aromatic nitrogens is 1. The molecule has 1 saturated carbocycles. The molecule has 2 aromatic rings. The van der Waals surface area contributed by atoms with E-state index in [1.54, 1.807) is 13.8 Å². The first-order valence-corrected chi connectivity index (χ1v) is 7.55. The Kier molecular flexibility index (Phi) is 3.83. The fraction of sp³-hybridized carbons (Fsp3) is 0.412. The number of rotatable bonds is 4. The molecule has 3 rings (SSSR count). The van der Waals surface area contributed by atoms with Gasteiger partial charge in [0.25, 0.3) is 0 Å². The zero-order chi connectivity index (χ0) is 16.7. The van der Waals surface area contributed by atoms with Crippen LogP contribution in [0.25, 0.3) is 10.9 Å². The largest absolute Gasteiger partial charge is 0.494 e. The minimum absolute atomic E-state index is 0.0780. The maximum Gasteiger partial charge on any atom is 0.343 e. The van der Waals surface area contributed by atoms with Crippen molar-refractivity contribution in [2.24, 2.45) is 0 Å². The fourth-order valence-corrected chi connectivity index (χ4v) is 2.64. The zero-order valence-corrected chi connectivity index (χ0v) is 13.3. The van der Waals surface area contributed by atoms with Gasteiger partial charge in [-0.1, -0.05) is 0 Å². The molecule has 1 heterocycles. The minimum atomic E-state index is -0.690. The Labute approximate surface area is 132 Å². The average Bonchev–Trinajstić information content (AvgIpc) is 3.31. The van der Waals surface area contributed by atoms with Crippen LogP contribution >= 0.6 is 0 Å². The van der Waals surface area contributed by atoms with Crippen LogP contribution in [0.1, 0.15) is 43.1 Å². The van der Waals surface area contributed by atoms with Crippen LogP contribution in [0.15, 0.2) is 23.1 Å². The van der Waals surface area contributed by atoms with Crippen molar-refractivity contribution in [1.82, 2.24) is 4.57 Å². The summed E-state index contributed by atoms with van der Waals surface area (Å²) in [6.07, 6.45) is 3.05. The molecule has 1 aliphatic rings. The fourth-order valence-electron chi connectivity index (χ4n) is 2.64. The van der Waals surface area contributed by atoms with Crippen molar-refractivity contribution < 1.29 is 18.7 Å². The second kappa shape index (κ2) is 5.68. The van der Waals surface area contributed by atoms with Crippen molar-refractivity contribution in [2.75, 3.05) is 7.11 Å². The number of halogens is 1. The van der Waals surface area contributed by atoms with E-state index in [1.807, 2.05) is 4.57 Å². The number of pyridine rings is 1. The van der Waals surface area contributed by atoms with Gasteiger partial charge < -0.3 is 14.0 Å². The van der Waals surface area contributed by atoms with E-state index in [4.69, 9.17) is 9.47 Å². The smallest absolute Gasteiger partial charge is 0.343 e. The minimum Gasteiger partial charge on any atom is -0.494 e. The molecular formula is C17H18FNO4. The van der Waals surface area contributed by atoms with E-state index in [1.165, 1.54) is 19.4 Å². The zero-order valence-electron chi connectivity index (χ0n) is 13.3. The Morgan fingerprint density at radius 2 is 2.04 bits per heavy atom. The SMILES string of the molecule is COc1cc(F)cc2c(=O)c(C(=O)OC(C)C)cn(C3CC3)c12. The first kappa shape index (κ1) is 15.5. The van der Waals surface area contributed by atoms with Crippen LogP contribution in [0.3, 0.4) is 0 Å². The molecule has 0 radical (unpaired) electrons. The molecule has 1 aromatic heterocycles. The number of esters is 1. The number of hydrogen-bond acceptors (Lipinski definition) is 4. The van der Waals surface area contributed by atoms with Crippen LogP contribution < -0.4 is 10.2 Å². The van der Waals surface area contributed by atoms with E-state index in [-0.39, 0.29) is 28.8 Å². The van der Waals surface area contributed by atoms with Gasteiger partial charge in [0.05, 0.1) is 24.1 Å². The maximum atomic E-state index is 13.8. The Bertz CT molecular complexity index is 837. The molecule has 0 amide bonds. The van der Waals surface area contributed by atoms with Gasteiger partial charge in [-0.15, -0.1) is 0 Å². The molecular weight excluding hydrogens is 301 g/mol. The predicted octanol–water partition coefficient (Wildman–Crippen LogP) is 3.05. The molecule has 0 spiro atoms. The molecule has 23 heavy (non-hydrogen) atoms. The number of benzene rings is 1. The standard InChI is InChI=1S/C17H18FNO4/c1-9(2)23-17(21)13-8-19(11-4-5-11)15-12(16(13)20)6-10(18)7-14(15)22-3/h6-9,11H,4-5H2,1-3H3. The van der Waals surface area contributed by atoms with Gasteiger partial charge in [0, 0.05) is 18.3 Å². The van der Waals surface area contributed by atoms with Gasteiger partial charge in [-0.25, -0.2) is 9.18 Å². The predicted molar refractivity (Wildman–Crippen MR) is 83.5 cm³/mol. The summed E-state index contributed by atoms with van der Waals surface area (Å²) < 4.78 is 26.0. The summed E-state index contributed by atoms with van der Waals surface area (Å²) in [5, 5.41) is 0.131. The number of ether oxygens (including phenoxy) is 2. The highest BCUT2D eigenvalue weighted by Crippen LogP contribution is 2.39. The monoisotopic (exact) mass is 319 g/mol.